The van der Waals surface area contributed by atoms with E-state index in [1.54, 1.807) is 54.9 Å². The Bertz CT molecular complexity index is 5790. The summed E-state index contributed by atoms with van der Waals surface area (Å²) in [5.41, 5.74) is 8.29. The summed E-state index contributed by atoms with van der Waals surface area (Å²) in [6.45, 7) is -0.632. The standard InChI is InChI=1S/C13H17N6O7P.C11H15N4O8P.C11H15N4O7PS.C10H14N5O8P.C10H12N5O7P/c1-6-16-17(2)11-8-12(15-4-14-11)19(5-18(6)8)13-10(21)9(20)7(26-13)3-25-27(22,23)24;1-14-4-15(9-6(14)10(18)13-3-12-9)11-8(17)7(16)5(23-11)2-22-24(19,20)21;1-14-4-15(9-6(14)10(24)13-3-12-9)11-8(17)7(16)5(22-11)2-21-23(18,19)20;11-8-5-9(13-3-15(8)18)14(2-12-5)10-7(17)6(16)4(23-10)1-22-24(19,20)21;11-7-2-8(13-1-12-7)15-9(14-2)6(22-23(18,19)20)5-3(16)4(17)10(15)21-5/h4-5,7,9-10,13,20-21H,3H2,1-2H3,(H-,22,23,24);3-5,7-8,11,16-17H,2H2,1H3,(H2-,12,13,18,19,20,21);3-5,7-8,11,16-17H,2H2,1H3,(H2-,12,13,18,19,20,24);2-4,6-7,10-11,16-18H,1H2,(H2,19,20,21);1,3-6,10,16-17H,(H2,11,12,13)(H2,18,19,20)/p+1/t7-,9-,10-,13-;2*5-,7-,8-,11-;4-,6-,7-,10-;3-,4+,5-,6?,10+/m11110/s1. The van der Waals surface area contributed by atoms with Crippen LogP contribution in [0.25, 0.3) is 55.8 Å². The first-order valence-corrected chi connectivity index (χ1v) is 42.7. The summed E-state index contributed by atoms with van der Waals surface area (Å²) in [7, 11) is -18.8. The monoisotopic (exact) mass is 1850 g/mol. The van der Waals surface area contributed by atoms with Gasteiger partial charge in [0.2, 0.25) is 24.2 Å². The zero-order valence-corrected chi connectivity index (χ0v) is 67.4. The molecule has 7 aliphatic rings. The van der Waals surface area contributed by atoms with Gasteiger partial charge < -0.3 is 152 Å². The molecule has 17 rings (SSSR count). The number of fused-ring (bicyclic) bond motifs is 9. The summed E-state index contributed by atoms with van der Waals surface area (Å²) in [4.78, 5) is 132. The Labute approximate surface area is 681 Å². The lowest BCUT2D eigenvalue weighted by molar-refractivity contribution is -0.746. The molecule has 0 aliphatic carbocycles. The number of rotatable bonds is 18. The van der Waals surface area contributed by atoms with Crippen molar-refractivity contribution in [3.05, 3.63) is 68.3 Å². The molecule has 0 saturated carbocycles. The summed E-state index contributed by atoms with van der Waals surface area (Å²) in [5, 5.41) is 136. The molecule has 7 aliphatic heterocycles. The molecule has 17 heterocycles. The number of anilines is 2. The molecule has 0 aromatic carbocycles. The third-order valence-corrected chi connectivity index (χ3v) is 22.0. The lowest BCUT2D eigenvalue weighted by atomic mass is 10.1. The normalized spacial score (nSPS) is 28.9. The predicted octanol–water partition coefficient (Wildman–Crippen LogP) is -11.1. The van der Waals surface area contributed by atoms with E-state index < -0.39 is 200 Å². The highest BCUT2D eigenvalue weighted by Crippen LogP contribution is 2.52. The number of aryl methyl sites for hydroxylation is 2. The van der Waals surface area contributed by atoms with Gasteiger partial charge in [0.1, 0.15) is 110 Å². The van der Waals surface area contributed by atoms with Crippen LogP contribution in [0.5, 0.6) is 5.88 Å². The Hall–Kier alpha value is -8.41. The van der Waals surface area contributed by atoms with Gasteiger partial charge in [-0.2, -0.15) is 9.71 Å². The van der Waals surface area contributed by atoms with Gasteiger partial charge in [0.05, 0.1) is 46.9 Å². The summed E-state index contributed by atoms with van der Waals surface area (Å²) in [6.07, 6.45) is -15.1. The molecule has 10 aromatic heterocycles. The maximum Gasteiger partial charge on any atom is 0.470 e. The molecule has 5 saturated heterocycles. The van der Waals surface area contributed by atoms with Crippen LogP contribution in [0.2, 0.25) is 0 Å². The van der Waals surface area contributed by atoms with E-state index in [-0.39, 0.29) is 50.6 Å². The number of aliphatic hydroxyl groups excluding tert-OH is 10. The van der Waals surface area contributed by atoms with E-state index in [1.807, 2.05) is 0 Å². The second-order valence-electron chi connectivity index (χ2n) is 27.3. The van der Waals surface area contributed by atoms with Crippen molar-refractivity contribution in [3.63, 3.8) is 0 Å². The number of nitrogens with two attached hydrogens (primary N) is 1. The Morgan fingerprint density at radius 3 is 1.48 bits per heavy atom. The number of hydrogen-bond acceptors (Lipinski definition) is 43. The number of phosphoric ester groups is 5. The minimum Gasteiger partial charge on any atom is -0.856 e. The molecule has 0 spiro atoms. The third kappa shape index (κ3) is 18.6. The molecule has 122 heavy (non-hydrogen) atoms. The van der Waals surface area contributed by atoms with Gasteiger partial charge in [-0.25, -0.2) is 81.0 Å². The topological polar surface area (TPSA) is 874 Å². The van der Waals surface area contributed by atoms with Crippen LogP contribution in [0, 0.1) is 5.41 Å². The van der Waals surface area contributed by atoms with Crippen molar-refractivity contribution in [2.24, 2.45) is 19.2 Å². The first-order chi connectivity index (χ1) is 57.0. The second-order valence-corrected chi connectivity index (χ2v) is 33.8. The van der Waals surface area contributed by atoms with Crippen LogP contribution in [0.4, 0.5) is 11.6 Å². The van der Waals surface area contributed by atoms with Crippen LogP contribution in [0.15, 0.2) is 67.1 Å². The molecule has 0 radical (unpaired) electrons. The van der Waals surface area contributed by atoms with Gasteiger partial charge in [0, 0.05) is 19.9 Å². The van der Waals surface area contributed by atoms with Crippen molar-refractivity contribution in [2.45, 2.75) is 141 Å². The number of nitrogens with zero attached hydrogens (tertiary/aromatic N) is 22. The third-order valence-electron chi connectivity index (χ3n) is 19.2. The average Bonchev–Trinajstić information content (AvgIpc) is 1.56. The van der Waals surface area contributed by atoms with E-state index in [9.17, 15) is 84.2 Å². The van der Waals surface area contributed by atoms with E-state index in [0.29, 0.717) is 43.7 Å². The van der Waals surface area contributed by atoms with Gasteiger partial charge in [-0.3, -0.25) is 46.3 Å². The van der Waals surface area contributed by atoms with E-state index >= 15 is 0 Å². The lowest BCUT2D eigenvalue weighted by Gasteiger charge is -2.30. The molecule has 10 aromatic rings. The number of hydrogen-bond donors (Lipinski definition) is 23. The van der Waals surface area contributed by atoms with Gasteiger partial charge in [0.25, 0.3) is 0 Å². The predicted molar refractivity (Wildman–Crippen MR) is 383 cm³/mol. The maximum atomic E-state index is 11.8. The molecular formula is C55H74N24O37P5S+. The van der Waals surface area contributed by atoms with Gasteiger partial charge in [-0.05, 0) is 5.03 Å². The number of aliphatic hydroxyl groups is 10. The van der Waals surface area contributed by atoms with E-state index in [1.165, 1.54) is 59.0 Å². The first kappa shape index (κ1) is 91.3. The van der Waals surface area contributed by atoms with E-state index in [2.05, 4.69) is 78.0 Å². The zero-order chi connectivity index (χ0) is 89.0. The van der Waals surface area contributed by atoms with Gasteiger partial charge in [-0.15, -0.1) is 5.10 Å². The van der Waals surface area contributed by atoms with Gasteiger partial charge >= 0.3 is 56.1 Å². The molecule has 21 atom stereocenters. The number of aromatic nitrogens is 20. The number of phosphoric acid groups is 5. The summed E-state index contributed by atoms with van der Waals surface area (Å²) in [6, 6.07) is 0. The van der Waals surface area contributed by atoms with Crippen LogP contribution in [0.1, 0.15) is 50.0 Å². The fourth-order valence-corrected chi connectivity index (χ4v) is 15.9. The summed E-state index contributed by atoms with van der Waals surface area (Å²) >= 11 is 5.14. The minimum absolute atomic E-state index is 0.0280. The van der Waals surface area contributed by atoms with Crippen molar-refractivity contribution in [1.82, 2.24) is 82.4 Å². The Morgan fingerprint density at radius 1 is 0.508 bits per heavy atom. The largest absolute Gasteiger partial charge is 0.856 e. The van der Waals surface area contributed by atoms with Gasteiger partial charge in [-0.1, -0.05) is 15.0 Å². The number of nitrogens with one attached hydrogen (secondary N) is 1. The van der Waals surface area contributed by atoms with Crippen molar-refractivity contribution in [1.29, 1.82) is 5.41 Å². The number of hydrazone groups is 1. The summed E-state index contributed by atoms with van der Waals surface area (Å²) in [5.74, 6) is 0.762. The molecule has 0 amide bonds. The average molecular weight is 1850 g/mol. The fourth-order valence-electron chi connectivity index (χ4n) is 13.8. The number of imidazole rings is 5. The first-order valence-electron chi connectivity index (χ1n) is 34.6. The quantitative estimate of drug-likeness (QED) is 0.0125. The highest BCUT2D eigenvalue weighted by Gasteiger charge is 2.57. The smallest absolute Gasteiger partial charge is 0.470 e. The van der Waals surface area contributed by atoms with Crippen LogP contribution in [-0.2, 0) is 95.9 Å². The van der Waals surface area contributed by atoms with Crippen molar-refractivity contribution in [3.8, 4) is 5.88 Å². The highest BCUT2D eigenvalue weighted by molar-refractivity contribution is 7.59. The SMILES string of the molecule is CC1=NN(C)c2ncnc3c2n1c[n+]3[C@@H]1O[C@H](COP(=O)(O)O)[C@@H](O)[C@H]1O.Cn1c[n+]([C@@H]2O[C@H](COP(=O)(O)O)[C@@H](O)[C@H]2O)c2ncnc([O-])c21.Cn1c[n+]([C@@H]2O[C@H](COP(=O)(O)O)[C@@H](O)[C@H]2O)c2ncnc([S-])c21.N=c1c2ncn([C@@H]3O[C@H](COP(=O)(O)O)[C@@H](O)[C@H]3O)c2ncn1O.Nc1ncnc2c1nc1n2[C@@H]2O[C@H](C1OP(=O)(O)O)[C@@H](O)[C@H]2O. The van der Waals surface area contributed by atoms with Crippen LogP contribution in [0.3, 0.4) is 0 Å². The maximum absolute atomic E-state index is 11.8. The van der Waals surface area contributed by atoms with Crippen molar-refractivity contribution < 1.29 is 193 Å². The Balaban J connectivity index is 0.000000132. The number of nitrogen functional groups attached to an aromatic ring is 1. The fraction of sp³-hybridized carbons (Fsp3) is 0.527. The molecule has 67 heteroatoms. The van der Waals surface area contributed by atoms with Crippen molar-refractivity contribution >= 4 is 125 Å². The van der Waals surface area contributed by atoms with E-state index in [0.717, 1.165) is 12.7 Å². The summed E-state index contributed by atoms with van der Waals surface area (Å²) < 4.78 is 116. The molecule has 24 N–H and O–H groups in total. The Kier molecular flexibility index (Phi) is 26.1. The van der Waals surface area contributed by atoms with Crippen LogP contribution >= 0.6 is 39.1 Å². The van der Waals surface area contributed by atoms with Crippen molar-refractivity contribution in [2.75, 3.05) is 44.2 Å². The molecule has 2 bridgehead atoms. The molecule has 5 fully saturated rings. The van der Waals surface area contributed by atoms with Crippen LogP contribution in [-0.4, -0.2) is 318 Å². The minimum atomic E-state index is -4.92. The second kappa shape index (κ2) is 34.8. The lowest BCUT2D eigenvalue weighted by Crippen LogP contribution is -2.46. The zero-order valence-electron chi connectivity index (χ0n) is 62.1. The van der Waals surface area contributed by atoms with E-state index in [4.69, 9.17) is 101 Å². The van der Waals surface area contributed by atoms with Gasteiger partial charge in [0.15, 0.2) is 113 Å². The molecule has 666 valence electrons. The molecule has 1 unspecified atom stereocenters. The van der Waals surface area contributed by atoms with Crippen LogP contribution < -0.4 is 35.0 Å². The Morgan fingerprint density at radius 2 is 0.959 bits per heavy atom. The molecular weight excluding hydrogens is 1780 g/mol. The molecule has 61 nitrogen and oxygen atoms in total. The number of ether oxygens (including phenoxy) is 5. The highest BCUT2D eigenvalue weighted by atomic mass is 32.1.